The Bertz CT molecular complexity index is 242. The van der Waals surface area contributed by atoms with Crippen molar-refractivity contribution in [2.75, 3.05) is 6.54 Å². The number of hydrogen-bond acceptors (Lipinski definition) is 2. The summed E-state index contributed by atoms with van der Waals surface area (Å²) in [6.07, 6.45) is 16.7. The van der Waals surface area contributed by atoms with E-state index in [1.54, 1.807) is 0 Å². The standard InChI is InChI=1S/C20H44N2/c1-5-19(6-2,20(22,7-3)8-4)17-15-13-11-9-10-12-14-16-18-21/h5-18,21-22H2,1-4H3. The molecule has 134 valence electrons. The maximum Gasteiger partial charge on any atom is 0.0205 e. The van der Waals surface area contributed by atoms with Crippen molar-refractivity contribution in [2.24, 2.45) is 16.9 Å². The molecule has 2 heteroatoms. The Hall–Kier alpha value is -0.0800. The van der Waals surface area contributed by atoms with Gasteiger partial charge in [-0.3, -0.25) is 0 Å². The Morgan fingerprint density at radius 3 is 1.36 bits per heavy atom. The van der Waals surface area contributed by atoms with E-state index in [1.807, 2.05) is 0 Å². The zero-order chi connectivity index (χ0) is 16.9. The zero-order valence-electron chi connectivity index (χ0n) is 16.1. The van der Waals surface area contributed by atoms with Gasteiger partial charge in [0.1, 0.15) is 0 Å². The summed E-state index contributed by atoms with van der Waals surface area (Å²) in [6.45, 7) is 10.1. The fourth-order valence-electron chi connectivity index (χ4n) is 4.23. The predicted octanol–water partition coefficient (Wildman–Crippen LogP) is 5.78. The maximum absolute atomic E-state index is 6.80. The lowest BCUT2D eigenvalue weighted by molar-refractivity contribution is 0.0801. The van der Waals surface area contributed by atoms with Crippen molar-refractivity contribution < 1.29 is 0 Å². The highest BCUT2D eigenvalue weighted by Gasteiger charge is 2.42. The van der Waals surface area contributed by atoms with E-state index in [1.165, 1.54) is 70.6 Å². The molecule has 0 bridgehead atoms. The van der Waals surface area contributed by atoms with Gasteiger partial charge in [0.05, 0.1) is 0 Å². The van der Waals surface area contributed by atoms with Crippen LogP contribution in [0.5, 0.6) is 0 Å². The van der Waals surface area contributed by atoms with Crippen molar-refractivity contribution in [3.8, 4) is 0 Å². The molecule has 0 saturated heterocycles. The van der Waals surface area contributed by atoms with Crippen LogP contribution in [0.15, 0.2) is 0 Å². The second kappa shape index (κ2) is 12.4. The third kappa shape index (κ3) is 6.58. The summed E-state index contributed by atoms with van der Waals surface area (Å²) >= 11 is 0. The minimum Gasteiger partial charge on any atom is -0.330 e. The number of unbranched alkanes of at least 4 members (excludes halogenated alkanes) is 7. The first-order chi connectivity index (χ1) is 10.6. The normalized spacial score (nSPS) is 12.8. The van der Waals surface area contributed by atoms with Gasteiger partial charge < -0.3 is 11.5 Å². The van der Waals surface area contributed by atoms with Gasteiger partial charge in [0, 0.05) is 5.54 Å². The van der Waals surface area contributed by atoms with E-state index in [9.17, 15) is 0 Å². The molecule has 0 atom stereocenters. The first kappa shape index (κ1) is 21.9. The van der Waals surface area contributed by atoms with Crippen molar-refractivity contribution in [3.05, 3.63) is 0 Å². The number of rotatable bonds is 15. The van der Waals surface area contributed by atoms with Crippen LogP contribution in [0.3, 0.4) is 0 Å². The van der Waals surface area contributed by atoms with Crippen LogP contribution in [0.4, 0.5) is 0 Å². The molecular weight excluding hydrogens is 268 g/mol. The Morgan fingerprint density at radius 2 is 1.00 bits per heavy atom. The van der Waals surface area contributed by atoms with E-state index < -0.39 is 0 Å². The van der Waals surface area contributed by atoms with E-state index in [0.29, 0.717) is 5.41 Å². The molecule has 0 aliphatic carbocycles. The molecule has 0 heterocycles. The molecular formula is C20H44N2. The first-order valence-corrected chi connectivity index (χ1v) is 10.0. The predicted molar refractivity (Wildman–Crippen MR) is 101 cm³/mol. The van der Waals surface area contributed by atoms with Crippen LogP contribution in [-0.4, -0.2) is 12.1 Å². The van der Waals surface area contributed by atoms with E-state index >= 15 is 0 Å². The summed E-state index contributed by atoms with van der Waals surface area (Å²) in [5.74, 6) is 0. The fourth-order valence-corrected chi connectivity index (χ4v) is 4.23. The topological polar surface area (TPSA) is 52.0 Å². The van der Waals surface area contributed by atoms with Crippen LogP contribution in [0.25, 0.3) is 0 Å². The van der Waals surface area contributed by atoms with Crippen LogP contribution in [-0.2, 0) is 0 Å². The molecule has 4 N–H and O–H groups in total. The molecule has 0 unspecified atom stereocenters. The highest BCUT2D eigenvalue weighted by molar-refractivity contribution is 4.99. The monoisotopic (exact) mass is 312 g/mol. The van der Waals surface area contributed by atoms with Crippen LogP contribution in [0, 0.1) is 5.41 Å². The zero-order valence-corrected chi connectivity index (χ0v) is 16.1. The van der Waals surface area contributed by atoms with Gasteiger partial charge in [0.2, 0.25) is 0 Å². The van der Waals surface area contributed by atoms with Gasteiger partial charge in [0.25, 0.3) is 0 Å². The lowest BCUT2D eigenvalue weighted by Gasteiger charge is -2.48. The molecule has 0 spiro atoms. The molecule has 0 aromatic rings. The molecule has 0 aromatic heterocycles. The fraction of sp³-hybridized carbons (Fsp3) is 1.00. The molecule has 0 aliphatic heterocycles. The molecule has 22 heavy (non-hydrogen) atoms. The Labute approximate surface area is 140 Å². The highest BCUT2D eigenvalue weighted by atomic mass is 14.8. The first-order valence-electron chi connectivity index (χ1n) is 10.0. The van der Waals surface area contributed by atoms with Gasteiger partial charge in [-0.1, -0.05) is 72.6 Å². The summed E-state index contributed by atoms with van der Waals surface area (Å²) in [7, 11) is 0. The van der Waals surface area contributed by atoms with Crippen molar-refractivity contribution in [2.45, 2.75) is 117 Å². The third-order valence-corrected chi connectivity index (χ3v) is 6.28. The average molecular weight is 313 g/mol. The van der Waals surface area contributed by atoms with Gasteiger partial charge in [-0.15, -0.1) is 0 Å². The minimum absolute atomic E-state index is 0.0265. The van der Waals surface area contributed by atoms with Crippen LogP contribution in [0.2, 0.25) is 0 Å². The van der Waals surface area contributed by atoms with Gasteiger partial charge in [-0.2, -0.15) is 0 Å². The van der Waals surface area contributed by atoms with Crippen LogP contribution in [0.1, 0.15) is 111 Å². The smallest absolute Gasteiger partial charge is 0.0205 e. The SMILES string of the molecule is CCC(N)(CC)C(CC)(CC)CCCCCCCCCCN. The number of nitrogens with two attached hydrogens (primary N) is 2. The minimum atomic E-state index is 0.0265. The number of hydrogen-bond donors (Lipinski definition) is 2. The van der Waals surface area contributed by atoms with E-state index in [0.717, 1.165) is 19.4 Å². The summed E-state index contributed by atoms with van der Waals surface area (Å²) in [5.41, 5.74) is 12.7. The van der Waals surface area contributed by atoms with E-state index in [2.05, 4.69) is 27.7 Å². The van der Waals surface area contributed by atoms with Crippen molar-refractivity contribution in [1.82, 2.24) is 0 Å². The van der Waals surface area contributed by atoms with E-state index in [4.69, 9.17) is 11.5 Å². The lowest BCUT2D eigenvalue weighted by atomic mass is 9.61. The quantitative estimate of drug-likeness (QED) is 0.377. The highest BCUT2D eigenvalue weighted by Crippen LogP contribution is 2.45. The van der Waals surface area contributed by atoms with E-state index in [-0.39, 0.29) is 5.54 Å². The van der Waals surface area contributed by atoms with Crippen molar-refractivity contribution in [3.63, 3.8) is 0 Å². The lowest BCUT2D eigenvalue weighted by Crippen LogP contribution is -2.54. The van der Waals surface area contributed by atoms with Gasteiger partial charge >= 0.3 is 0 Å². The third-order valence-electron chi connectivity index (χ3n) is 6.28. The average Bonchev–Trinajstić information content (AvgIpc) is 2.56. The largest absolute Gasteiger partial charge is 0.330 e. The van der Waals surface area contributed by atoms with Gasteiger partial charge in [0.15, 0.2) is 0 Å². The molecule has 0 aromatic carbocycles. The molecule has 0 rings (SSSR count). The summed E-state index contributed by atoms with van der Waals surface area (Å²) in [6, 6.07) is 0. The van der Waals surface area contributed by atoms with Crippen LogP contribution >= 0.6 is 0 Å². The summed E-state index contributed by atoms with van der Waals surface area (Å²) in [4.78, 5) is 0. The Kier molecular flexibility index (Phi) is 12.3. The Balaban J connectivity index is 4.07. The maximum atomic E-state index is 6.80. The molecule has 0 saturated carbocycles. The molecule has 0 fully saturated rings. The Morgan fingerprint density at radius 1 is 0.591 bits per heavy atom. The van der Waals surface area contributed by atoms with Crippen molar-refractivity contribution in [1.29, 1.82) is 0 Å². The molecule has 2 nitrogen and oxygen atoms in total. The second-order valence-electron chi connectivity index (χ2n) is 7.22. The summed E-state index contributed by atoms with van der Waals surface area (Å²) < 4.78 is 0. The molecule has 0 radical (unpaired) electrons. The van der Waals surface area contributed by atoms with Crippen molar-refractivity contribution >= 4 is 0 Å². The second-order valence-corrected chi connectivity index (χ2v) is 7.22. The van der Waals surface area contributed by atoms with Gasteiger partial charge in [-0.05, 0) is 50.5 Å². The molecule has 0 aliphatic rings. The van der Waals surface area contributed by atoms with Crippen LogP contribution < -0.4 is 11.5 Å². The van der Waals surface area contributed by atoms with Gasteiger partial charge in [-0.25, -0.2) is 0 Å². The summed E-state index contributed by atoms with van der Waals surface area (Å²) in [5, 5.41) is 0. The molecule has 0 amide bonds.